The van der Waals surface area contributed by atoms with Gasteiger partial charge in [-0.2, -0.15) is 0 Å². The molecule has 1 unspecified atom stereocenters. The molecule has 1 N–H and O–H groups in total. The van der Waals surface area contributed by atoms with E-state index < -0.39 is 0 Å². The van der Waals surface area contributed by atoms with Crippen molar-refractivity contribution < 1.29 is 9.50 Å². The largest absolute Gasteiger partial charge is 0.393 e. The molecule has 0 fully saturated rings. The summed E-state index contributed by atoms with van der Waals surface area (Å²) < 4.78 is 11.7. The molecule has 0 spiro atoms. The Morgan fingerprint density at radius 1 is 1.45 bits per heavy atom. The first kappa shape index (κ1) is 10.8. The molecule has 0 aromatic carbocycles. The summed E-state index contributed by atoms with van der Waals surface area (Å²) in [7, 11) is 1.94. The van der Waals surface area contributed by atoms with Crippen molar-refractivity contribution in [2.45, 2.75) is 25.9 Å². The molecule has 0 radical (unpaired) electrons. The van der Waals surface area contributed by atoms with E-state index in [9.17, 15) is 4.39 Å². The van der Waals surface area contributed by atoms with Crippen molar-refractivity contribution in [3.63, 3.8) is 0 Å². The van der Waals surface area contributed by atoms with Gasteiger partial charge in [0.15, 0.2) is 0 Å². The highest BCUT2D eigenvalue weighted by Gasteiger charge is 2.00. The number of alkyl halides is 1. The summed E-state index contributed by atoms with van der Waals surface area (Å²) in [6.07, 6.45) is 1.11. The zero-order valence-corrected chi connectivity index (χ0v) is 7.39. The summed E-state index contributed by atoms with van der Waals surface area (Å²) in [4.78, 5) is 2.03. The summed E-state index contributed by atoms with van der Waals surface area (Å²) in [6.45, 7) is 3.14. The highest BCUT2D eigenvalue weighted by molar-refractivity contribution is 4.54. The number of rotatable bonds is 6. The molecule has 0 aromatic heterocycles. The summed E-state index contributed by atoms with van der Waals surface area (Å²) in [5, 5.41) is 8.93. The lowest BCUT2D eigenvalue weighted by Crippen LogP contribution is -2.23. The highest BCUT2D eigenvalue weighted by Crippen LogP contribution is 1.94. The maximum absolute atomic E-state index is 11.7. The van der Waals surface area contributed by atoms with Gasteiger partial charge in [0.05, 0.1) is 12.8 Å². The van der Waals surface area contributed by atoms with Gasteiger partial charge in [-0.1, -0.05) is 0 Å². The zero-order chi connectivity index (χ0) is 8.69. The first-order chi connectivity index (χ1) is 5.16. The van der Waals surface area contributed by atoms with E-state index in [1.165, 1.54) is 0 Å². The number of aliphatic hydroxyl groups excluding tert-OH is 1. The van der Waals surface area contributed by atoms with Crippen molar-refractivity contribution in [2.24, 2.45) is 0 Å². The summed E-state index contributed by atoms with van der Waals surface area (Å²) >= 11 is 0. The zero-order valence-electron chi connectivity index (χ0n) is 7.39. The van der Waals surface area contributed by atoms with Crippen LogP contribution in [0, 0.1) is 0 Å². The van der Waals surface area contributed by atoms with Gasteiger partial charge in [-0.15, -0.1) is 0 Å². The second-order valence-corrected chi connectivity index (χ2v) is 2.98. The van der Waals surface area contributed by atoms with E-state index >= 15 is 0 Å². The van der Waals surface area contributed by atoms with E-state index in [1.54, 1.807) is 6.92 Å². The van der Waals surface area contributed by atoms with Crippen LogP contribution in [0.3, 0.4) is 0 Å². The molecule has 0 aliphatic rings. The monoisotopic (exact) mass is 163 g/mol. The molecular formula is C8H18FNO. The molecule has 0 aliphatic carbocycles. The fraction of sp³-hybridized carbons (Fsp3) is 1.00. The van der Waals surface area contributed by atoms with Gasteiger partial charge in [0.25, 0.3) is 0 Å². The summed E-state index contributed by atoms with van der Waals surface area (Å²) in [5.74, 6) is 0. The predicted molar refractivity (Wildman–Crippen MR) is 44.4 cm³/mol. The van der Waals surface area contributed by atoms with E-state index in [4.69, 9.17) is 5.11 Å². The van der Waals surface area contributed by atoms with Crippen LogP contribution in [0.25, 0.3) is 0 Å². The minimum atomic E-state index is -0.251. The first-order valence-corrected chi connectivity index (χ1v) is 4.09. The third-order valence-electron chi connectivity index (χ3n) is 1.60. The number of nitrogens with zero attached hydrogens (tertiary/aromatic N) is 1. The number of aliphatic hydroxyl groups is 1. The van der Waals surface area contributed by atoms with Crippen LogP contribution in [0.2, 0.25) is 0 Å². The molecule has 0 saturated heterocycles. The normalized spacial score (nSPS) is 13.9. The Labute approximate surface area is 68.0 Å². The summed E-state index contributed by atoms with van der Waals surface area (Å²) in [5.41, 5.74) is 0. The Balaban J connectivity index is 3.15. The number of halogens is 1. The van der Waals surface area contributed by atoms with Gasteiger partial charge in [-0.05, 0) is 26.8 Å². The van der Waals surface area contributed by atoms with Gasteiger partial charge >= 0.3 is 0 Å². The van der Waals surface area contributed by atoms with Crippen molar-refractivity contribution >= 4 is 0 Å². The van der Waals surface area contributed by atoms with Gasteiger partial charge in [-0.25, -0.2) is 0 Å². The topological polar surface area (TPSA) is 23.5 Å². The molecule has 0 saturated carbocycles. The lowest BCUT2D eigenvalue weighted by atomic mass is 10.3. The SMILES string of the molecule is CC(O)CCN(C)CCCF. The van der Waals surface area contributed by atoms with Crippen LogP contribution < -0.4 is 0 Å². The van der Waals surface area contributed by atoms with Crippen molar-refractivity contribution in [3.8, 4) is 0 Å². The Bertz CT molecular complexity index is 88.2. The number of hydrogen-bond donors (Lipinski definition) is 1. The van der Waals surface area contributed by atoms with E-state index in [0.717, 1.165) is 19.5 Å². The van der Waals surface area contributed by atoms with Crippen LogP contribution in [-0.2, 0) is 0 Å². The molecule has 2 nitrogen and oxygen atoms in total. The average Bonchev–Trinajstić information content (AvgIpc) is 1.97. The van der Waals surface area contributed by atoms with Gasteiger partial charge in [-0.3, -0.25) is 4.39 Å². The van der Waals surface area contributed by atoms with Crippen LogP contribution in [0.1, 0.15) is 19.8 Å². The molecule has 1 atom stereocenters. The third-order valence-corrected chi connectivity index (χ3v) is 1.60. The van der Waals surface area contributed by atoms with E-state index in [1.807, 2.05) is 11.9 Å². The van der Waals surface area contributed by atoms with Gasteiger partial charge in [0.1, 0.15) is 0 Å². The number of hydrogen-bond acceptors (Lipinski definition) is 2. The van der Waals surface area contributed by atoms with E-state index in [0.29, 0.717) is 6.42 Å². The lowest BCUT2D eigenvalue weighted by molar-refractivity contribution is 0.163. The molecule has 11 heavy (non-hydrogen) atoms. The molecule has 0 aromatic rings. The molecule has 0 heterocycles. The maximum atomic E-state index is 11.7. The fourth-order valence-corrected chi connectivity index (χ4v) is 0.849. The van der Waals surface area contributed by atoms with Gasteiger partial charge in [0, 0.05) is 13.1 Å². The molecule has 3 heteroatoms. The quantitative estimate of drug-likeness (QED) is 0.632. The van der Waals surface area contributed by atoms with Crippen LogP contribution in [0.5, 0.6) is 0 Å². The van der Waals surface area contributed by atoms with Crippen LogP contribution in [0.4, 0.5) is 4.39 Å². The molecule has 0 bridgehead atoms. The third kappa shape index (κ3) is 7.75. The van der Waals surface area contributed by atoms with Crippen molar-refractivity contribution in [1.82, 2.24) is 4.90 Å². The Morgan fingerprint density at radius 3 is 2.55 bits per heavy atom. The lowest BCUT2D eigenvalue weighted by Gasteiger charge is -2.16. The molecule has 0 rings (SSSR count). The van der Waals surface area contributed by atoms with Crippen molar-refractivity contribution in [1.29, 1.82) is 0 Å². The Hall–Kier alpha value is -0.150. The molecular weight excluding hydrogens is 145 g/mol. The molecule has 68 valence electrons. The summed E-state index contributed by atoms with van der Waals surface area (Å²) in [6, 6.07) is 0. The fourth-order valence-electron chi connectivity index (χ4n) is 0.849. The molecule has 0 aliphatic heterocycles. The predicted octanol–water partition coefficient (Wildman–Crippen LogP) is 1.05. The minimum absolute atomic E-state index is 0.247. The van der Waals surface area contributed by atoms with E-state index in [2.05, 4.69) is 0 Å². The van der Waals surface area contributed by atoms with Crippen molar-refractivity contribution in [2.75, 3.05) is 26.8 Å². The smallest absolute Gasteiger partial charge is 0.0906 e. The highest BCUT2D eigenvalue weighted by atomic mass is 19.1. The second-order valence-electron chi connectivity index (χ2n) is 2.98. The van der Waals surface area contributed by atoms with Crippen molar-refractivity contribution in [3.05, 3.63) is 0 Å². The van der Waals surface area contributed by atoms with Crippen LogP contribution in [-0.4, -0.2) is 42.9 Å². The standard InChI is InChI=1S/C8H18FNO/c1-8(11)4-7-10(2)6-3-5-9/h8,11H,3-7H2,1-2H3. The van der Waals surface area contributed by atoms with Gasteiger partial charge in [0.2, 0.25) is 0 Å². The Morgan fingerprint density at radius 2 is 2.09 bits per heavy atom. The maximum Gasteiger partial charge on any atom is 0.0906 e. The molecule has 0 amide bonds. The average molecular weight is 163 g/mol. The van der Waals surface area contributed by atoms with E-state index in [-0.39, 0.29) is 12.8 Å². The van der Waals surface area contributed by atoms with Crippen LogP contribution >= 0.6 is 0 Å². The Kier molecular flexibility index (Phi) is 6.46. The second kappa shape index (κ2) is 6.55. The van der Waals surface area contributed by atoms with Gasteiger partial charge < -0.3 is 10.0 Å². The first-order valence-electron chi connectivity index (χ1n) is 4.09. The van der Waals surface area contributed by atoms with Crippen LogP contribution in [0.15, 0.2) is 0 Å². The minimum Gasteiger partial charge on any atom is -0.393 e.